The van der Waals surface area contributed by atoms with Crippen molar-refractivity contribution >= 4 is 17.7 Å². The minimum absolute atomic E-state index is 0.320. The van der Waals surface area contributed by atoms with E-state index in [4.69, 9.17) is 0 Å². The number of nitrogens with one attached hydrogen (secondary N) is 1. The molecule has 1 atom stereocenters. The van der Waals surface area contributed by atoms with Crippen molar-refractivity contribution in [1.82, 2.24) is 25.5 Å². The SMILES string of the molecule is C[C@@H](Sc1nnnn1-c1ccccc1)C(=O)NCC(F)(F)F. The maximum absolute atomic E-state index is 12.1. The van der Waals surface area contributed by atoms with E-state index in [1.54, 1.807) is 24.3 Å². The molecule has 0 spiro atoms. The zero-order chi connectivity index (χ0) is 16.2. The van der Waals surface area contributed by atoms with Crippen LogP contribution in [0.25, 0.3) is 5.69 Å². The molecule has 1 aromatic carbocycles. The van der Waals surface area contributed by atoms with Gasteiger partial charge < -0.3 is 5.32 Å². The summed E-state index contributed by atoms with van der Waals surface area (Å²) < 4.78 is 37.7. The van der Waals surface area contributed by atoms with E-state index in [0.29, 0.717) is 10.8 Å². The number of benzene rings is 1. The summed E-state index contributed by atoms with van der Waals surface area (Å²) in [5, 5.41) is 12.5. The molecule has 10 heteroatoms. The van der Waals surface area contributed by atoms with Crippen LogP contribution in [-0.4, -0.2) is 44.1 Å². The normalized spacial score (nSPS) is 12.9. The summed E-state index contributed by atoms with van der Waals surface area (Å²) in [5.41, 5.74) is 0.692. The topological polar surface area (TPSA) is 72.7 Å². The minimum atomic E-state index is -4.44. The number of carbonyl (C=O) groups excluding carboxylic acids is 1. The molecule has 6 nitrogen and oxygen atoms in total. The van der Waals surface area contributed by atoms with Crippen LogP contribution in [0.4, 0.5) is 13.2 Å². The fraction of sp³-hybridized carbons (Fsp3) is 0.333. The Kier molecular flexibility index (Phi) is 5.01. The zero-order valence-corrected chi connectivity index (χ0v) is 12.2. The number of rotatable bonds is 5. The zero-order valence-electron chi connectivity index (χ0n) is 11.4. The highest BCUT2D eigenvalue weighted by atomic mass is 32.2. The number of alkyl halides is 3. The van der Waals surface area contributed by atoms with Gasteiger partial charge in [0.2, 0.25) is 11.1 Å². The van der Waals surface area contributed by atoms with Crippen molar-refractivity contribution in [3.8, 4) is 5.69 Å². The standard InChI is InChI=1S/C12H12F3N5OS/c1-8(10(21)16-7-12(13,14)15)22-11-17-18-19-20(11)9-5-3-2-4-6-9/h2-6,8H,7H2,1H3,(H,16,21)/t8-/m1/s1. The third-order valence-electron chi connectivity index (χ3n) is 2.56. The Morgan fingerprint density at radius 2 is 2.05 bits per heavy atom. The highest BCUT2D eigenvalue weighted by molar-refractivity contribution is 8.00. The Labute approximate surface area is 128 Å². The number of aromatic nitrogens is 4. The average molecular weight is 331 g/mol. The first-order chi connectivity index (χ1) is 10.4. The number of halogens is 3. The Balaban J connectivity index is 2.02. The van der Waals surface area contributed by atoms with Crippen LogP contribution in [0.1, 0.15) is 6.92 Å². The number of hydrogen-bond donors (Lipinski definition) is 1. The van der Waals surface area contributed by atoms with E-state index in [1.807, 2.05) is 11.4 Å². The third kappa shape index (κ3) is 4.45. The molecule has 0 fully saturated rings. The molecule has 1 aromatic heterocycles. The Bertz CT molecular complexity index is 631. The van der Waals surface area contributed by atoms with Gasteiger partial charge in [-0.3, -0.25) is 4.79 Å². The minimum Gasteiger partial charge on any atom is -0.346 e. The summed E-state index contributed by atoms with van der Waals surface area (Å²) in [5.74, 6) is -0.732. The molecule has 0 aliphatic heterocycles. The molecule has 1 heterocycles. The van der Waals surface area contributed by atoms with Crippen LogP contribution in [0.5, 0.6) is 0 Å². The second kappa shape index (κ2) is 6.77. The maximum atomic E-state index is 12.1. The molecule has 0 unspecified atom stereocenters. The van der Waals surface area contributed by atoms with E-state index in [9.17, 15) is 18.0 Å². The van der Waals surface area contributed by atoms with Crippen LogP contribution in [0, 0.1) is 0 Å². The fourth-order valence-corrected chi connectivity index (χ4v) is 2.36. The molecular formula is C12H12F3N5OS. The Morgan fingerprint density at radius 3 is 2.68 bits per heavy atom. The van der Waals surface area contributed by atoms with E-state index < -0.39 is 23.9 Å². The monoisotopic (exact) mass is 331 g/mol. The van der Waals surface area contributed by atoms with Gasteiger partial charge in [-0.25, -0.2) is 0 Å². The number of hydrogen-bond acceptors (Lipinski definition) is 5. The number of thioether (sulfide) groups is 1. The summed E-state index contributed by atoms with van der Waals surface area (Å²) >= 11 is 0.978. The highest BCUT2D eigenvalue weighted by Gasteiger charge is 2.29. The molecular weight excluding hydrogens is 319 g/mol. The van der Waals surface area contributed by atoms with Crippen LogP contribution < -0.4 is 5.32 Å². The summed E-state index contributed by atoms with van der Waals surface area (Å²) in [4.78, 5) is 11.7. The largest absolute Gasteiger partial charge is 0.405 e. The molecule has 1 N–H and O–H groups in total. The maximum Gasteiger partial charge on any atom is 0.405 e. The fourth-order valence-electron chi connectivity index (χ4n) is 1.53. The van der Waals surface area contributed by atoms with Crippen LogP contribution in [0.3, 0.4) is 0 Å². The van der Waals surface area contributed by atoms with Crippen LogP contribution in [0.15, 0.2) is 35.5 Å². The van der Waals surface area contributed by atoms with Gasteiger partial charge in [-0.05, 0) is 29.5 Å². The van der Waals surface area contributed by atoms with Gasteiger partial charge in [0.05, 0.1) is 10.9 Å². The summed E-state index contributed by atoms with van der Waals surface area (Å²) in [6.45, 7) is 0.126. The molecule has 2 rings (SSSR count). The molecule has 0 aliphatic rings. The molecule has 118 valence electrons. The van der Waals surface area contributed by atoms with Gasteiger partial charge in [0.15, 0.2) is 0 Å². The van der Waals surface area contributed by atoms with Crippen LogP contribution in [-0.2, 0) is 4.79 Å². The van der Waals surface area contributed by atoms with Crippen LogP contribution in [0.2, 0.25) is 0 Å². The lowest BCUT2D eigenvalue weighted by Crippen LogP contribution is -2.38. The summed E-state index contributed by atoms with van der Waals surface area (Å²) in [6, 6.07) is 8.97. The van der Waals surface area contributed by atoms with Crippen LogP contribution >= 0.6 is 11.8 Å². The van der Waals surface area contributed by atoms with Crippen molar-refractivity contribution in [2.45, 2.75) is 23.5 Å². The number of tetrazole rings is 1. The van der Waals surface area contributed by atoms with Crippen molar-refractivity contribution < 1.29 is 18.0 Å². The van der Waals surface area contributed by atoms with E-state index in [1.165, 1.54) is 11.6 Å². The predicted octanol–water partition coefficient (Wildman–Crippen LogP) is 1.82. The molecule has 2 aromatic rings. The number of para-hydroxylation sites is 1. The first kappa shape index (κ1) is 16.3. The van der Waals surface area contributed by atoms with Crippen molar-refractivity contribution in [3.05, 3.63) is 30.3 Å². The molecule has 1 amide bonds. The molecule has 0 aliphatic carbocycles. The first-order valence-corrected chi connectivity index (χ1v) is 7.10. The van der Waals surface area contributed by atoms with Crippen molar-refractivity contribution in [1.29, 1.82) is 0 Å². The quantitative estimate of drug-likeness (QED) is 0.846. The molecule has 0 saturated heterocycles. The predicted molar refractivity (Wildman–Crippen MR) is 73.5 cm³/mol. The Morgan fingerprint density at radius 1 is 1.36 bits per heavy atom. The number of amides is 1. The van der Waals surface area contributed by atoms with Gasteiger partial charge in [0, 0.05) is 0 Å². The van der Waals surface area contributed by atoms with Gasteiger partial charge in [-0.2, -0.15) is 17.9 Å². The lowest BCUT2D eigenvalue weighted by atomic mass is 10.3. The van der Waals surface area contributed by atoms with Gasteiger partial charge >= 0.3 is 6.18 Å². The van der Waals surface area contributed by atoms with E-state index in [2.05, 4.69) is 15.5 Å². The smallest absolute Gasteiger partial charge is 0.346 e. The van der Waals surface area contributed by atoms with Gasteiger partial charge in [-0.1, -0.05) is 30.0 Å². The number of carbonyl (C=O) groups is 1. The second-order valence-corrected chi connectivity index (χ2v) is 5.61. The summed E-state index contributed by atoms with van der Waals surface area (Å²) in [6.07, 6.45) is -4.44. The van der Waals surface area contributed by atoms with Crippen molar-refractivity contribution in [2.75, 3.05) is 6.54 Å². The summed E-state index contributed by atoms with van der Waals surface area (Å²) in [7, 11) is 0. The average Bonchev–Trinajstić information content (AvgIpc) is 2.93. The van der Waals surface area contributed by atoms with E-state index in [0.717, 1.165) is 11.8 Å². The third-order valence-corrected chi connectivity index (χ3v) is 3.59. The van der Waals surface area contributed by atoms with E-state index >= 15 is 0 Å². The van der Waals surface area contributed by atoms with Gasteiger partial charge in [0.25, 0.3) is 0 Å². The molecule has 0 saturated carbocycles. The van der Waals surface area contributed by atoms with Crippen molar-refractivity contribution in [2.24, 2.45) is 0 Å². The lowest BCUT2D eigenvalue weighted by molar-refractivity contribution is -0.137. The van der Waals surface area contributed by atoms with Gasteiger partial charge in [-0.15, -0.1) is 5.10 Å². The molecule has 0 bridgehead atoms. The van der Waals surface area contributed by atoms with Gasteiger partial charge in [0.1, 0.15) is 6.54 Å². The molecule has 0 radical (unpaired) electrons. The highest BCUT2D eigenvalue weighted by Crippen LogP contribution is 2.23. The lowest BCUT2D eigenvalue weighted by Gasteiger charge is -2.12. The van der Waals surface area contributed by atoms with E-state index in [-0.39, 0.29) is 0 Å². The van der Waals surface area contributed by atoms with Crippen molar-refractivity contribution in [3.63, 3.8) is 0 Å². The first-order valence-electron chi connectivity index (χ1n) is 6.22. The molecule has 22 heavy (non-hydrogen) atoms. The second-order valence-electron chi connectivity index (χ2n) is 4.30. The Hall–Kier alpha value is -2.10. The number of nitrogens with zero attached hydrogens (tertiary/aromatic N) is 4.